The molecule has 3 rings (SSSR count). The van der Waals surface area contributed by atoms with Gasteiger partial charge in [0.05, 0.1) is 10.6 Å². The molecule has 8 heteroatoms. The third-order valence-electron chi connectivity index (χ3n) is 4.32. The molecule has 0 radical (unpaired) electrons. The number of carbonyl (C=O) groups is 1. The topological polar surface area (TPSA) is 82.6 Å². The Morgan fingerprint density at radius 1 is 1.08 bits per heavy atom. The fourth-order valence-corrected chi connectivity index (χ4v) is 3.76. The van der Waals surface area contributed by atoms with Gasteiger partial charge >= 0.3 is 6.03 Å². The third-order valence-corrected chi connectivity index (χ3v) is 5.66. The Kier molecular flexibility index (Phi) is 5.53. The molecule has 0 spiro atoms. The third kappa shape index (κ3) is 4.59. The highest BCUT2D eigenvalue weighted by molar-refractivity contribution is 7.90. The van der Waals surface area contributed by atoms with Crippen LogP contribution in [-0.2, 0) is 16.6 Å². The predicted octanol–water partition coefficient (Wildman–Crippen LogP) is 1.61. The Bertz CT molecular complexity index is 846. The molecule has 0 unspecified atom stereocenters. The number of hydrogen-bond acceptors (Lipinski definition) is 5. The summed E-state index contributed by atoms with van der Waals surface area (Å²) < 4.78 is 26.8. The van der Waals surface area contributed by atoms with Gasteiger partial charge in [-0.25, -0.2) is 17.9 Å². The zero-order valence-corrected chi connectivity index (χ0v) is 15.4. The number of hydrogen-bond donors (Lipinski definition) is 1. The SMILES string of the molecule is Cc1ccc(S(=O)(=O)NC(=O)N2CCN(Cc3ccccn3)CC2)cc1. The van der Waals surface area contributed by atoms with E-state index in [9.17, 15) is 13.2 Å². The van der Waals surface area contributed by atoms with Gasteiger partial charge in [0.1, 0.15) is 0 Å². The number of nitrogens with one attached hydrogen (secondary N) is 1. The first kappa shape index (κ1) is 18.3. The Balaban J connectivity index is 1.54. The van der Waals surface area contributed by atoms with Gasteiger partial charge in [-0.2, -0.15) is 0 Å². The highest BCUT2D eigenvalue weighted by Crippen LogP contribution is 2.11. The van der Waals surface area contributed by atoms with Gasteiger partial charge in [0.2, 0.25) is 0 Å². The van der Waals surface area contributed by atoms with Crippen molar-refractivity contribution in [1.29, 1.82) is 0 Å². The van der Waals surface area contributed by atoms with Gasteiger partial charge in [-0.3, -0.25) is 9.88 Å². The van der Waals surface area contributed by atoms with Crippen molar-refractivity contribution in [2.45, 2.75) is 18.4 Å². The maximum atomic E-state index is 12.3. The summed E-state index contributed by atoms with van der Waals surface area (Å²) in [7, 11) is -3.85. The summed E-state index contributed by atoms with van der Waals surface area (Å²) in [6.07, 6.45) is 1.76. The highest BCUT2D eigenvalue weighted by atomic mass is 32.2. The molecule has 1 fully saturated rings. The van der Waals surface area contributed by atoms with Crippen molar-refractivity contribution in [3.05, 3.63) is 59.9 Å². The summed E-state index contributed by atoms with van der Waals surface area (Å²) in [5, 5.41) is 0. The van der Waals surface area contributed by atoms with Gasteiger partial charge < -0.3 is 4.90 Å². The van der Waals surface area contributed by atoms with E-state index in [1.807, 2.05) is 25.1 Å². The van der Waals surface area contributed by atoms with Crippen LogP contribution < -0.4 is 4.72 Å². The maximum Gasteiger partial charge on any atom is 0.331 e. The van der Waals surface area contributed by atoms with Crippen molar-refractivity contribution in [1.82, 2.24) is 19.5 Å². The molecule has 2 aromatic rings. The highest BCUT2D eigenvalue weighted by Gasteiger charge is 2.25. The summed E-state index contributed by atoms with van der Waals surface area (Å²) in [5.74, 6) is 0. The van der Waals surface area contributed by atoms with Gasteiger partial charge in [0, 0.05) is 38.9 Å². The number of urea groups is 1. The second kappa shape index (κ2) is 7.84. The molecule has 0 aliphatic carbocycles. The minimum Gasteiger partial charge on any atom is -0.321 e. The van der Waals surface area contributed by atoms with Crippen LogP contribution in [0.5, 0.6) is 0 Å². The number of sulfonamides is 1. The van der Waals surface area contributed by atoms with Gasteiger partial charge in [-0.15, -0.1) is 0 Å². The molecule has 1 aromatic carbocycles. The molecule has 1 N–H and O–H groups in total. The van der Waals surface area contributed by atoms with Crippen LogP contribution in [0.25, 0.3) is 0 Å². The fourth-order valence-electron chi connectivity index (χ4n) is 2.79. The van der Waals surface area contributed by atoms with E-state index in [2.05, 4.69) is 14.6 Å². The zero-order valence-electron chi connectivity index (χ0n) is 14.6. The number of aryl methyl sites for hydroxylation is 1. The van der Waals surface area contributed by atoms with Crippen LogP contribution in [0.3, 0.4) is 0 Å². The van der Waals surface area contributed by atoms with E-state index in [1.165, 1.54) is 17.0 Å². The average Bonchev–Trinajstić information content (AvgIpc) is 2.63. The van der Waals surface area contributed by atoms with Crippen molar-refractivity contribution in [2.75, 3.05) is 26.2 Å². The molecule has 1 aromatic heterocycles. The first-order valence-electron chi connectivity index (χ1n) is 8.45. The van der Waals surface area contributed by atoms with Crippen molar-refractivity contribution in [3.63, 3.8) is 0 Å². The Labute approximate surface area is 153 Å². The van der Waals surface area contributed by atoms with E-state index in [0.29, 0.717) is 26.2 Å². The second-order valence-corrected chi connectivity index (χ2v) is 7.99. The van der Waals surface area contributed by atoms with Crippen molar-refractivity contribution in [3.8, 4) is 0 Å². The van der Waals surface area contributed by atoms with Crippen LogP contribution in [0.4, 0.5) is 4.79 Å². The monoisotopic (exact) mass is 374 g/mol. The Morgan fingerprint density at radius 2 is 1.77 bits per heavy atom. The summed E-state index contributed by atoms with van der Waals surface area (Å²) in [6.45, 7) is 4.89. The zero-order chi connectivity index (χ0) is 18.6. The smallest absolute Gasteiger partial charge is 0.321 e. The van der Waals surface area contributed by atoms with Gasteiger partial charge in [0.25, 0.3) is 10.0 Å². The molecule has 7 nitrogen and oxygen atoms in total. The predicted molar refractivity (Wildman–Crippen MR) is 98.0 cm³/mol. The molecule has 0 saturated carbocycles. The summed E-state index contributed by atoms with van der Waals surface area (Å²) in [5.41, 5.74) is 1.94. The van der Waals surface area contributed by atoms with Gasteiger partial charge in [-0.05, 0) is 31.2 Å². The van der Waals surface area contributed by atoms with Crippen molar-refractivity contribution >= 4 is 16.1 Å². The number of aromatic nitrogens is 1. The number of amides is 2. The molecule has 138 valence electrons. The van der Waals surface area contributed by atoms with Crippen molar-refractivity contribution < 1.29 is 13.2 Å². The molecule has 1 aliphatic rings. The normalized spacial score (nSPS) is 15.7. The van der Waals surface area contributed by atoms with Crippen LogP contribution in [0.2, 0.25) is 0 Å². The van der Waals surface area contributed by atoms with Crippen LogP contribution in [-0.4, -0.2) is 55.4 Å². The lowest BCUT2D eigenvalue weighted by atomic mass is 10.2. The molecule has 0 bridgehead atoms. The molecule has 26 heavy (non-hydrogen) atoms. The summed E-state index contributed by atoms with van der Waals surface area (Å²) >= 11 is 0. The maximum absolute atomic E-state index is 12.3. The van der Waals surface area contributed by atoms with Crippen LogP contribution in [0.15, 0.2) is 53.6 Å². The lowest BCUT2D eigenvalue weighted by Crippen LogP contribution is -2.52. The van der Waals surface area contributed by atoms with E-state index in [1.54, 1.807) is 18.3 Å². The number of carbonyl (C=O) groups excluding carboxylic acids is 1. The minimum atomic E-state index is -3.85. The van der Waals surface area contributed by atoms with Crippen LogP contribution in [0.1, 0.15) is 11.3 Å². The second-order valence-electron chi connectivity index (χ2n) is 6.31. The quantitative estimate of drug-likeness (QED) is 0.879. The minimum absolute atomic E-state index is 0.0882. The van der Waals surface area contributed by atoms with Crippen LogP contribution >= 0.6 is 0 Å². The van der Waals surface area contributed by atoms with Gasteiger partial charge in [0.15, 0.2) is 0 Å². The lowest BCUT2D eigenvalue weighted by Gasteiger charge is -2.34. The number of benzene rings is 1. The lowest BCUT2D eigenvalue weighted by molar-refractivity contribution is 0.137. The fraction of sp³-hybridized carbons (Fsp3) is 0.333. The first-order valence-corrected chi connectivity index (χ1v) is 9.93. The van der Waals surface area contributed by atoms with E-state index in [4.69, 9.17) is 0 Å². The Morgan fingerprint density at radius 3 is 2.38 bits per heavy atom. The number of nitrogens with zero attached hydrogens (tertiary/aromatic N) is 3. The molecule has 1 saturated heterocycles. The van der Waals surface area contributed by atoms with Crippen LogP contribution in [0, 0.1) is 6.92 Å². The molecule has 1 aliphatic heterocycles. The number of pyridine rings is 1. The molecular weight excluding hydrogens is 352 g/mol. The Hall–Kier alpha value is -2.45. The molecule has 0 atom stereocenters. The first-order chi connectivity index (χ1) is 12.4. The number of rotatable bonds is 4. The van der Waals surface area contributed by atoms with E-state index in [-0.39, 0.29) is 4.90 Å². The van der Waals surface area contributed by atoms with E-state index < -0.39 is 16.1 Å². The summed E-state index contributed by atoms with van der Waals surface area (Å²) in [4.78, 5) is 20.4. The van der Waals surface area contributed by atoms with Crippen molar-refractivity contribution in [2.24, 2.45) is 0 Å². The van der Waals surface area contributed by atoms with E-state index in [0.717, 1.165) is 17.8 Å². The average molecular weight is 374 g/mol. The molecule has 2 amide bonds. The standard InChI is InChI=1S/C18H22N4O3S/c1-15-5-7-17(8-6-15)26(24,25)20-18(23)22-12-10-21(11-13-22)14-16-4-2-3-9-19-16/h2-9H,10-14H2,1H3,(H,20,23). The summed E-state index contributed by atoms with van der Waals surface area (Å²) in [6, 6.07) is 11.6. The van der Waals surface area contributed by atoms with Gasteiger partial charge in [-0.1, -0.05) is 23.8 Å². The molecular formula is C18H22N4O3S. The largest absolute Gasteiger partial charge is 0.331 e. The molecule has 2 heterocycles. The van der Waals surface area contributed by atoms with E-state index >= 15 is 0 Å². The number of piperazine rings is 1.